The van der Waals surface area contributed by atoms with Gasteiger partial charge in [0.15, 0.2) is 0 Å². The number of hydrogen-bond donors (Lipinski definition) is 2. The fourth-order valence-electron chi connectivity index (χ4n) is 1.90. The molecule has 116 valence electrons. The Labute approximate surface area is 124 Å². The molecule has 1 atom stereocenters. The first-order valence-corrected chi connectivity index (χ1v) is 7.28. The van der Waals surface area contributed by atoms with Gasteiger partial charge >= 0.3 is 0 Å². The summed E-state index contributed by atoms with van der Waals surface area (Å²) >= 11 is 0. The second-order valence-electron chi connectivity index (χ2n) is 5.26. The Kier molecular flexibility index (Phi) is 14.0. The summed E-state index contributed by atoms with van der Waals surface area (Å²) < 4.78 is 0. The minimum absolute atomic E-state index is 0. The molecule has 0 aliphatic heterocycles. The number of amides is 1. The molecule has 0 spiro atoms. The van der Waals surface area contributed by atoms with Crippen molar-refractivity contribution in [2.75, 3.05) is 26.2 Å². The molecule has 19 heavy (non-hydrogen) atoms. The van der Waals surface area contributed by atoms with Crippen LogP contribution in [0.4, 0.5) is 0 Å². The molecule has 0 aliphatic rings. The molecule has 0 unspecified atom stereocenters. The van der Waals surface area contributed by atoms with Crippen molar-refractivity contribution in [3.05, 3.63) is 0 Å². The first-order valence-electron chi connectivity index (χ1n) is 7.28. The predicted molar refractivity (Wildman–Crippen MR) is 84.7 cm³/mol. The summed E-state index contributed by atoms with van der Waals surface area (Å²) in [6.07, 6.45) is 3.37. The van der Waals surface area contributed by atoms with Gasteiger partial charge in [-0.15, -0.1) is 12.4 Å². The first-order chi connectivity index (χ1) is 8.52. The quantitative estimate of drug-likeness (QED) is 0.606. The summed E-state index contributed by atoms with van der Waals surface area (Å²) in [6, 6.07) is -0.382. The molecular formula is C14H32ClN3O. The van der Waals surface area contributed by atoms with E-state index < -0.39 is 0 Å². The largest absolute Gasteiger partial charge is 0.355 e. The van der Waals surface area contributed by atoms with E-state index in [2.05, 4.69) is 24.1 Å². The molecule has 0 saturated carbocycles. The van der Waals surface area contributed by atoms with Gasteiger partial charge in [-0.25, -0.2) is 0 Å². The van der Waals surface area contributed by atoms with Crippen molar-refractivity contribution in [2.24, 2.45) is 11.7 Å². The van der Waals surface area contributed by atoms with E-state index in [-0.39, 0.29) is 30.3 Å². The molecule has 1 amide bonds. The van der Waals surface area contributed by atoms with Gasteiger partial charge in [0.1, 0.15) is 0 Å². The van der Waals surface area contributed by atoms with E-state index in [1.807, 2.05) is 13.8 Å². The van der Waals surface area contributed by atoms with Gasteiger partial charge in [-0.1, -0.05) is 27.7 Å². The maximum atomic E-state index is 11.6. The standard InChI is InChI=1S/C14H31N3O.ClH/c1-5-9-17(10-6-2)11-7-8-16-14(18)13(15)12(3)4;/h12-13H,5-11,15H2,1-4H3,(H,16,18);1H/t13-;/m0./s1. The molecule has 0 bridgehead atoms. The fourth-order valence-corrected chi connectivity index (χ4v) is 1.90. The van der Waals surface area contributed by atoms with Crippen LogP contribution in [-0.2, 0) is 4.79 Å². The lowest BCUT2D eigenvalue weighted by Crippen LogP contribution is -2.44. The number of carbonyl (C=O) groups excluding carboxylic acids is 1. The van der Waals surface area contributed by atoms with E-state index in [0.29, 0.717) is 0 Å². The molecule has 3 N–H and O–H groups in total. The molecule has 0 heterocycles. The summed E-state index contributed by atoms with van der Waals surface area (Å²) in [5.74, 6) is 0.171. The van der Waals surface area contributed by atoms with Crippen LogP contribution in [0.3, 0.4) is 0 Å². The predicted octanol–water partition coefficient (Wildman–Crippen LogP) is 2.02. The smallest absolute Gasteiger partial charge is 0.237 e. The monoisotopic (exact) mass is 293 g/mol. The number of nitrogens with zero attached hydrogens (tertiary/aromatic N) is 1. The van der Waals surface area contributed by atoms with Crippen molar-refractivity contribution < 1.29 is 4.79 Å². The van der Waals surface area contributed by atoms with E-state index in [4.69, 9.17) is 5.73 Å². The minimum atomic E-state index is -0.382. The average molecular weight is 294 g/mol. The van der Waals surface area contributed by atoms with Crippen LogP contribution >= 0.6 is 12.4 Å². The summed E-state index contributed by atoms with van der Waals surface area (Å²) in [5, 5.41) is 2.91. The lowest BCUT2D eigenvalue weighted by Gasteiger charge is -2.21. The molecule has 0 fully saturated rings. The van der Waals surface area contributed by atoms with E-state index in [0.717, 1.165) is 32.6 Å². The van der Waals surface area contributed by atoms with Crippen LogP contribution in [0.15, 0.2) is 0 Å². The van der Waals surface area contributed by atoms with Crippen molar-refractivity contribution in [1.29, 1.82) is 0 Å². The van der Waals surface area contributed by atoms with Crippen molar-refractivity contribution >= 4 is 18.3 Å². The zero-order valence-corrected chi connectivity index (χ0v) is 13.8. The van der Waals surface area contributed by atoms with Crippen LogP contribution in [0.25, 0.3) is 0 Å². The fraction of sp³-hybridized carbons (Fsp3) is 0.929. The molecule has 0 aromatic carbocycles. The maximum Gasteiger partial charge on any atom is 0.237 e. The molecule has 4 nitrogen and oxygen atoms in total. The molecule has 0 saturated heterocycles. The van der Waals surface area contributed by atoms with Crippen molar-refractivity contribution in [2.45, 2.75) is 53.0 Å². The van der Waals surface area contributed by atoms with E-state index in [1.54, 1.807) is 0 Å². The number of carbonyl (C=O) groups is 1. The van der Waals surface area contributed by atoms with Gasteiger partial charge in [0.2, 0.25) is 5.91 Å². The third-order valence-electron chi connectivity index (χ3n) is 3.05. The van der Waals surface area contributed by atoms with Gasteiger partial charge < -0.3 is 16.0 Å². The minimum Gasteiger partial charge on any atom is -0.355 e. The van der Waals surface area contributed by atoms with Gasteiger partial charge in [-0.05, 0) is 44.8 Å². The second kappa shape index (κ2) is 12.7. The van der Waals surface area contributed by atoms with Crippen molar-refractivity contribution in [1.82, 2.24) is 10.2 Å². The first kappa shape index (κ1) is 21.0. The zero-order valence-electron chi connectivity index (χ0n) is 12.9. The Morgan fingerprint density at radius 3 is 2.11 bits per heavy atom. The summed E-state index contributed by atoms with van der Waals surface area (Å²) in [5.41, 5.74) is 5.77. The van der Waals surface area contributed by atoms with Crippen molar-refractivity contribution in [3.63, 3.8) is 0 Å². The van der Waals surface area contributed by atoms with Crippen LogP contribution < -0.4 is 11.1 Å². The lowest BCUT2D eigenvalue weighted by molar-refractivity contribution is -0.123. The molecule has 0 rings (SSSR count). The molecule has 0 aliphatic carbocycles. The molecule has 0 radical (unpaired) electrons. The van der Waals surface area contributed by atoms with Gasteiger partial charge in [0.05, 0.1) is 6.04 Å². The van der Waals surface area contributed by atoms with Crippen molar-refractivity contribution in [3.8, 4) is 0 Å². The Bertz CT molecular complexity index is 219. The lowest BCUT2D eigenvalue weighted by atomic mass is 10.1. The highest BCUT2D eigenvalue weighted by Crippen LogP contribution is 1.98. The Balaban J connectivity index is 0. The van der Waals surface area contributed by atoms with E-state index in [1.165, 1.54) is 12.8 Å². The van der Waals surface area contributed by atoms with Crippen LogP contribution in [0.2, 0.25) is 0 Å². The van der Waals surface area contributed by atoms with Crippen LogP contribution in [0.5, 0.6) is 0 Å². The molecule has 5 heteroatoms. The highest BCUT2D eigenvalue weighted by Gasteiger charge is 2.16. The normalized spacial score (nSPS) is 12.4. The molecular weight excluding hydrogens is 262 g/mol. The van der Waals surface area contributed by atoms with Crippen LogP contribution in [-0.4, -0.2) is 43.0 Å². The van der Waals surface area contributed by atoms with Crippen LogP contribution in [0.1, 0.15) is 47.0 Å². The summed E-state index contributed by atoms with van der Waals surface area (Å²) in [7, 11) is 0. The number of nitrogens with one attached hydrogen (secondary N) is 1. The number of hydrogen-bond acceptors (Lipinski definition) is 3. The van der Waals surface area contributed by atoms with Gasteiger partial charge in [-0.2, -0.15) is 0 Å². The summed E-state index contributed by atoms with van der Waals surface area (Å²) in [6.45, 7) is 12.4. The summed E-state index contributed by atoms with van der Waals surface area (Å²) in [4.78, 5) is 14.1. The van der Waals surface area contributed by atoms with E-state index >= 15 is 0 Å². The average Bonchev–Trinajstić information content (AvgIpc) is 2.33. The molecule has 0 aromatic rings. The highest BCUT2D eigenvalue weighted by molar-refractivity contribution is 5.85. The second-order valence-corrected chi connectivity index (χ2v) is 5.26. The number of nitrogens with two attached hydrogens (primary N) is 1. The van der Waals surface area contributed by atoms with Gasteiger partial charge in [0.25, 0.3) is 0 Å². The third kappa shape index (κ3) is 10.2. The van der Waals surface area contributed by atoms with Gasteiger partial charge in [-0.3, -0.25) is 4.79 Å². The Morgan fingerprint density at radius 1 is 1.16 bits per heavy atom. The number of halogens is 1. The zero-order chi connectivity index (χ0) is 14.0. The third-order valence-corrected chi connectivity index (χ3v) is 3.05. The maximum absolute atomic E-state index is 11.6. The van der Waals surface area contributed by atoms with Crippen LogP contribution in [0, 0.1) is 5.92 Å². The number of rotatable bonds is 10. The Morgan fingerprint density at radius 2 is 1.68 bits per heavy atom. The highest BCUT2D eigenvalue weighted by atomic mass is 35.5. The Hall–Kier alpha value is -0.320. The molecule has 0 aromatic heterocycles. The topological polar surface area (TPSA) is 58.4 Å². The van der Waals surface area contributed by atoms with Gasteiger partial charge in [0, 0.05) is 6.54 Å². The SMILES string of the molecule is CCCN(CCC)CCCNC(=O)[C@@H](N)C(C)C.Cl. The van der Waals surface area contributed by atoms with E-state index in [9.17, 15) is 4.79 Å².